The molecule has 0 bridgehead atoms. The first-order valence-corrected chi connectivity index (χ1v) is 8.75. The van der Waals surface area contributed by atoms with Crippen molar-refractivity contribution in [3.8, 4) is 0 Å². The van der Waals surface area contributed by atoms with Crippen LogP contribution >= 0.6 is 0 Å². The average Bonchev–Trinajstić information content (AvgIpc) is 2.89. The molecular formula is C17H31N3O. The first-order valence-electron chi connectivity index (χ1n) is 8.75. The summed E-state index contributed by atoms with van der Waals surface area (Å²) in [6.07, 6.45) is 6.35. The third-order valence-corrected chi connectivity index (χ3v) is 5.70. The molecule has 4 nitrogen and oxygen atoms in total. The van der Waals surface area contributed by atoms with Crippen molar-refractivity contribution in [3.05, 3.63) is 0 Å². The molecule has 21 heavy (non-hydrogen) atoms. The number of amides is 1. The van der Waals surface area contributed by atoms with Crippen molar-refractivity contribution >= 4 is 5.91 Å². The fraction of sp³-hybridized carbons (Fsp3) is 0.941. The summed E-state index contributed by atoms with van der Waals surface area (Å²) in [6.45, 7) is 10.6. The van der Waals surface area contributed by atoms with Crippen molar-refractivity contribution in [1.29, 1.82) is 0 Å². The predicted octanol–water partition coefficient (Wildman–Crippen LogP) is 1.85. The monoisotopic (exact) mass is 293 g/mol. The summed E-state index contributed by atoms with van der Waals surface area (Å²) >= 11 is 0. The Morgan fingerprint density at radius 3 is 2.33 bits per heavy atom. The molecule has 2 aliphatic heterocycles. The second kappa shape index (κ2) is 5.88. The maximum atomic E-state index is 12.7. The number of nitrogens with zero attached hydrogens (tertiary/aromatic N) is 2. The van der Waals surface area contributed by atoms with E-state index in [0.29, 0.717) is 11.9 Å². The highest BCUT2D eigenvalue weighted by Crippen LogP contribution is 2.33. The summed E-state index contributed by atoms with van der Waals surface area (Å²) in [4.78, 5) is 17.3. The number of nitrogens with one attached hydrogen (secondary N) is 1. The number of carbonyl (C=O) groups is 1. The van der Waals surface area contributed by atoms with Crippen LogP contribution in [0.2, 0.25) is 0 Å². The Bertz CT molecular complexity index is 368. The minimum Gasteiger partial charge on any atom is -0.339 e. The van der Waals surface area contributed by atoms with Crippen LogP contribution in [-0.2, 0) is 4.79 Å². The lowest BCUT2D eigenvalue weighted by atomic mass is 9.85. The van der Waals surface area contributed by atoms with Gasteiger partial charge in [-0.15, -0.1) is 0 Å². The molecule has 2 saturated heterocycles. The highest BCUT2D eigenvalue weighted by atomic mass is 16.2. The number of carbonyl (C=O) groups excluding carboxylic acids is 1. The van der Waals surface area contributed by atoms with Crippen LogP contribution < -0.4 is 5.32 Å². The van der Waals surface area contributed by atoms with Crippen LogP contribution in [0, 0.1) is 5.92 Å². The predicted molar refractivity (Wildman–Crippen MR) is 85.2 cm³/mol. The maximum Gasteiger partial charge on any atom is 0.239 e. The second-order valence-electron chi connectivity index (χ2n) is 8.09. The van der Waals surface area contributed by atoms with E-state index in [9.17, 15) is 4.79 Å². The van der Waals surface area contributed by atoms with Crippen LogP contribution in [0.3, 0.4) is 0 Å². The smallest absolute Gasteiger partial charge is 0.239 e. The lowest BCUT2D eigenvalue weighted by molar-refractivity contribution is -0.135. The van der Waals surface area contributed by atoms with Gasteiger partial charge >= 0.3 is 0 Å². The minimum atomic E-state index is 0.0966. The van der Waals surface area contributed by atoms with Gasteiger partial charge in [0.2, 0.25) is 5.91 Å². The van der Waals surface area contributed by atoms with E-state index in [-0.39, 0.29) is 11.6 Å². The molecule has 3 aliphatic rings. The summed E-state index contributed by atoms with van der Waals surface area (Å²) in [6, 6.07) is 0.711. The van der Waals surface area contributed by atoms with E-state index >= 15 is 0 Å². The molecule has 1 N–H and O–H groups in total. The van der Waals surface area contributed by atoms with E-state index in [0.717, 1.165) is 38.5 Å². The molecule has 1 saturated carbocycles. The van der Waals surface area contributed by atoms with Crippen LogP contribution in [0.1, 0.15) is 52.9 Å². The second-order valence-corrected chi connectivity index (χ2v) is 8.09. The lowest BCUT2D eigenvalue weighted by Gasteiger charge is -2.42. The Kier molecular flexibility index (Phi) is 4.28. The van der Waals surface area contributed by atoms with Gasteiger partial charge in [-0.2, -0.15) is 0 Å². The number of hydrogen-bond acceptors (Lipinski definition) is 3. The summed E-state index contributed by atoms with van der Waals surface area (Å²) in [7, 11) is 0. The van der Waals surface area contributed by atoms with Gasteiger partial charge in [0.15, 0.2) is 0 Å². The van der Waals surface area contributed by atoms with Crippen LogP contribution in [-0.4, -0.2) is 59.5 Å². The Morgan fingerprint density at radius 2 is 1.71 bits per heavy atom. The van der Waals surface area contributed by atoms with Gasteiger partial charge in [0.25, 0.3) is 0 Å². The summed E-state index contributed by atoms with van der Waals surface area (Å²) in [5.41, 5.74) is 0.218. The van der Waals surface area contributed by atoms with Gasteiger partial charge in [0, 0.05) is 37.8 Å². The molecule has 0 aromatic heterocycles. The molecule has 3 fully saturated rings. The fourth-order valence-electron chi connectivity index (χ4n) is 4.33. The van der Waals surface area contributed by atoms with Crippen molar-refractivity contribution in [1.82, 2.24) is 15.1 Å². The highest BCUT2D eigenvalue weighted by Gasteiger charge is 2.40. The Hall–Kier alpha value is -0.610. The molecule has 0 spiro atoms. The normalized spacial score (nSPS) is 34.8. The summed E-state index contributed by atoms with van der Waals surface area (Å²) in [5, 5.41) is 3.63. The topological polar surface area (TPSA) is 35.6 Å². The zero-order chi connectivity index (χ0) is 15.0. The van der Waals surface area contributed by atoms with Crippen molar-refractivity contribution < 1.29 is 4.79 Å². The molecule has 3 unspecified atom stereocenters. The molecule has 0 aromatic rings. The molecule has 2 heterocycles. The van der Waals surface area contributed by atoms with Crippen LogP contribution in [0.15, 0.2) is 0 Å². The number of piperazine rings is 1. The van der Waals surface area contributed by atoms with E-state index in [2.05, 4.69) is 35.9 Å². The van der Waals surface area contributed by atoms with Gasteiger partial charge < -0.3 is 10.2 Å². The Balaban J connectivity index is 1.53. The van der Waals surface area contributed by atoms with Gasteiger partial charge in [-0.05, 0) is 46.0 Å². The first-order chi connectivity index (χ1) is 9.95. The molecule has 4 heteroatoms. The maximum absolute atomic E-state index is 12.7. The number of hydrogen-bond donors (Lipinski definition) is 1. The van der Waals surface area contributed by atoms with Gasteiger partial charge in [0.1, 0.15) is 0 Å². The molecule has 1 amide bonds. The minimum absolute atomic E-state index is 0.0966. The first kappa shape index (κ1) is 15.3. The lowest BCUT2D eigenvalue weighted by Crippen LogP contribution is -2.57. The van der Waals surface area contributed by atoms with Crippen molar-refractivity contribution in [3.63, 3.8) is 0 Å². The fourth-order valence-corrected chi connectivity index (χ4v) is 4.33. The SMILES string of the molecule is CC(C)(C)N1CCN(C(=O)C2CC3CCCCC3N2)CC1. The van der Waals surface area contributed by atoms with Crippen molar-refractivity contribution in [2.75, 3.05) is 26.2 Å². The van der Waals surface area contributed by atoms with E-state index in [1.54, 1.807) is 0 Å². The molecule has 3 rings (SSSR count). The van der Waals surface area contributed by atoms with Crippen molar-refractivity contribution in [2.24, 2.45) is 5.92 Å². The average molecular weight is 293 g/mol. The van der Waals surface area contributed by atoms with Gasteiger partial charge in [0.05, 0.1) is 6.04 Å². The van der Waals surface area contributed by atoms with Gasteiger partial charge in [-0.3, -0.25) is 9.69 Å². The van der Waals surface area contributed by atoms with Crippen LogP contribution in [0.25, 0.3) is 0 Å². The molecule has 0 aromatic carbocycles. The Labute approximate surface area is 129 Å². The largest absolute Gasteiger partial charge is 0.339 e. The summed E-state index contributed by atoms with van der Waals surface area (Å²) in [5.74, 6) is 1.11. The zero-order valence-electron chi connectivity index (χ0n) is 13.9. The quantitative estimate of drug-likeness (QED) is 0.801. The van der Waals surface area contributed by atoms with E-state index in [1.807, 2.05) is 0 Å². The number of rotatable bonds is 1. The van der Waals surface area contributed by atoms with Gasteiger partial charge in [-0.25, -0.2) is 0 Å². The van der Waals surface area contributed by atoms with E-state index in [1.165, 1.54) is 25.7 Å². The summed E-state index contributed by atoms with van der Waals surface area (Å²) < 4.78 is 0. The zero-order valence-corrected chi connectivity index (χ0v) is 13.9. The highest BCUT2D eigenvalue weighted by molar-refractivity contribution is 5.82. The third kappa shape index (κ3) is 3.26. The Morgan fingerprint density at radius 1 is 1.05 bits per heavy atom. The molecule has 3 atom stereocenters. The molecule has 1 aliphatic carbocycles. The standard InChI is InChI=1S/C17H31N3O/c1-17(2,3)20-10-8-19(9-11-20)16(21)15-12-13-6-4-5-7-14(13)18-15/h13-15,18H,4-12H2,1-3H3. The van der Waals surface area contributed by atoms with Crippen LogP contribution in [0.4, 0.5) is 0 Å². The van der Waals surface area contributed by atoms with E-state index < -0.39 is 0 Å². The van der Waals surface area contributed by atoms with Crippen molar-refractivity contribution in [2.45, 2.75) is 70.5 Å². The van der Waals surface area contributed by atoms with Gasteiger partial charge in [-0.1, -0.05) is 12.8 Å². The molecular weight excluding hydrogens is 262 g/mol. The molecule has 0 radical (unpaired) electrons. The molecule has 120 valence electrons. The van der Waals surface area contributed by atoms with Crippen LogP contribution in [0.5, 0.6) is 0 Å². The third-order valence-electron chi connectivity index (χ3n) is 5.70. The number of fused-ring (bicyclic) bond motifs is 1. The van der Waals surface area contributed by atoms with E-state index in [4.69, 9.17) is 0 Å².